The Labute approximate surface area is 88.9 Å². The second kappa shape index (κ2) is 3.92. The molecule has 0 radical (unpaired) electrons. The first kappa shape index (κ1) is 10.6. The average molecular weight is 228 g/mol. The largest absolute Gasteiger partial charge is 0.376 e. The molecule has 1 aliphatic heterocycles. The molecule has 2 rings (SSSR count). The first-order valence-corrected chi connectivity index (χ1v) is 6.07. The lowest BCUT2D eigenvalue weighted by molar-refractivity contribution is -0.0769. The van der Waals surface area contributed by atoms with Gasteiger partial charge in [-0.1, -0.05) is 18.2 Å². The third-order valence-electron chi connectivity index (χ3n) is 2.23. The quantitative estimate of drug-likeness (QED) is 0.727. The van der Waals surface area contributed by atoms with E-state index in [4.69, 9.17) is 8.92 Å². The van der Waals surface area contributed by atoms with Gasteiger partial charge in [0.1, 0.15) is 6.10 Å². The molecule has 1 aliphatic rings. The van der Waals surface area contributed by atoms with E-state index in [0.717, 1.165) is 0 Å². The normalized spacial score (nSPS) is 17.4. The van der Waals surface area contributed by atoms with Crippen LogP contribution in [0.1, 0.15) is 5.56 Å². The van der Waals surface area contributed by atoms with Crippen LogP contribution >= 0.6 is 0 Å². The van der Waals surface area contributed by atoms with Gasteiger partial charge in [0.05, 0.1) is 18.1 Å². The van der Waals surface area contributed by atoms with E-state index < -0.39 is 10.1 Å². The van der Waals surface area contributed by atoms with Gasteiger partial charge in [-0.25, -0.2) is 0 Å². The van der Waals surface area contributed by atoms with E-state index in [1.54, 1.807) is 31.2 Å². The molecule has 0 saturated carbocycles. The monoisotopic (exact) mass is 228 g/mol. The van der Waals surface area contributed by atoms with E-state index in [-0.39, 0.29) is 11.0 Å². The van der Waals surface area contributed by atoms with Crippen molar-refractivity contribution < 1.29 is 17.3 Å². The minimum absolute atomic E-state index is 0.233. The fraction of sp³-hybridized carbons (Fsp3) is 0.400. The summed E-state index contributed by atoms with van der Waals surface area (Å²) in [6.07, 6.45) is -0.324. The Bertz CT molecular complexity index is 448. The first-order chi connectivity index (χ1) is 7.09. The van der Waals surface area contributed by atoms with Crippen LogP contribution in [0.2, 0.25) is 0 Å². The molecular formula is C10H12O4S. The summed E-state index contributed by atoms with van der Waals surface area (Å²) in [6.45, 7) is 2.45. The molecule has 0 aromatic heterocycles. The maximum Gasteiger partial charge on any atom is 0.297 e. The number of benzene rings is 1. The number of hydrogen-bond acceptors (Lipinski definition) is 4. The Morgan fingerprint density at radius 3 is 2.53 bits per heavy atom. The van der Waals surface area contributed by atoms with E-state index in [1.807, 2.05) is 0 Å². The van der Waals surface area contributed by atoms with Crippen LogP contribution in [0, 0.1) is 6.92 Å². The maximum atomic E-state index is 11.8. The zero-order valence-electron chi connectivity index (χ0n) is 8.34. The van der Waals surface area contributed by atoms with E-state index >= 15 is 0 Å². The summed E-state index contributed by atoms with van der Waals surface area (Å²) in [5, 5.41) is 0. The van der Waals surface area contributed by atoms with E-state index in [1.165, 1.54) is 0 Å². The predicted molar refractivity (Wildman–Crippen MR) is 54.1 cm³/mol. The van der Waals surface area contributed by atoms with Crippen molar-refractivity contribution in [2.45, 2.75) is 17.9 Å². The highest BCUT2D eigenvalue weighted by molar-refractivity contribution is 7.86. The summed E-state index contributed by atoms with van der Waals surface area (Å²) in [7, 11) is -3.63. The van der Waals surface area contributed by atoms with Crippen molar-refractivity contribution in [3.8, 4) is 0 Å². The Morgan fingerprint density at radius 1 is 1.33 bits per heavy atom. The van der Waals surface area contributed by atoms with Crippen LogP contribution in [0.15, 0.2) is 29.2 Å². The van der Waals surface area contributed by atoms with Gasteiger partial charge in [0, 0.05) is 0 Å². The molecule has 82 valence electrons. The van der Waals surface area contributed by atoms with Gasteiger partial charge in [-0.3, -0.25) is 4.18 Å². The van der Waals surface area contributed by atoms with Crippen molar-refractivity contribution in [1.29, 1.82) is 0 Å². The Hall–Kier alpha value is -0.910. The van der Waals surface area contributed by atoms with Gasteiger partial charge in [0.15, 0.2) is 0 Å². The van der Waals surface area contributed by atoms with Crippen LogP contribution in [0.5, 0.6) is 0 Å². The summed E-state index contributed by atoms with van der Waals surface area (Å²) >= 11 is 0. The Morgan fingerprint density at radius 2 is 2.00 bits per heavy atom. The van der Waals surface area contributed by atoms with Crippen LogP contribution in [-0.4, -0.2) is 27.7 Å². The van der Waals surface area contributed by atoms with Crippen LogP contribution in [-0.2, 0) is 19.0 Å². The van der Waals surface area contributed by atoms with Crippen molar-refractivity contribution in [1.82, 2.24) is 0 Å². The minimum atomic E-state index is -3.63. The summed E-state index contributed by atoms with van der Waals surface area (Å²) < 4.78 is 33.4. The molecule has 0 N–H and O–H groups in total. The van der Waals surface area contributed by atoms with Crippen LogP contribution in [0.4, 0.5) is 0 Å². The molecule has 0 spiro atoms. The highest BCUT2D eigenvalue weighted by Gasteiger charge is 2.28. The standard InChI is InChI=1S/C10H12O4S/c1-8-4-2-3-5-10(8)15(11,12)14-9-6-13-7-9/h2-5,9H,6-7H2,1H3. The lowest BCUT2D eigenvalue weighted by Crippen LogP contribution is -2.37. The molecule has 0 amide bonds. The second-order valence-corrected chi connectivity index (χ2v) is 5.02. The van der Waals surface area contributed by atoms with Crippen molar-refractivity contribution >= 4 is 10.1 Å². The number of hydrogen-bond donors (Lipinski definition) is 0. The number of rotatable bonds is 3. The zero-order chi connectivity index (χ0) is 10.9. The van der Waals surface area contributed by atoms with Crippen LogP contribution < -0.4 is 0 Å². The third-order valence-corrected chi connectivity index (χ3v) is 3.76. The Kier molecular flexibility index (Phi) is 2.77. The van der Waals surface area contributed by atoms with Gasteiger partial charge in [-0.05, 0) is 18.6 Å². The smallest absolute Gasteiger partial charge is 0.297 e. The first-order valence-electron chi connectivity index (χ1n) is 4.66. The van der Waals surface area contributed by atoms with Gasteiger partial charge in [-0.15, -0.1) is 0 Å². The molecule has 1 aromatic rings. The summed E-state index contributed by atoms with van der Waals surface area (Å²) in [4.78, 5) is 0.233. The van der Waals surface area contributed by atoms with Gasteiger partial charge in [0.2, 0.25) is 0 Å². The summed E-state index contributed by atoms with van der Waals surface area (Å²) in [5.74, 6) is 0. The predicted octanol–water partition coefficient (Wildman–Crippen LogP) is 1.10. The van der Waals surface area contributed by atoms with Gasteiger partial charge < -0.3 is 4.74 Å². The van der Waals surface area contributed by atoms with E-state index in [9.17, 15) is 8.42 Å². The fourth-order valence-corrected chi connectivity index (χ4v) is 2.62. The molecule has 15 heavy (non-hydrogen) atoms. The lowest BCUT2D eigenvalue weighted by atomic mass is 10.2. The van der Waals surface area contributed by atoms with Gasteiger partial charge in [0.25, 0.3) is 10.1 Å². The fourth-order valence-electron chi connectivity index (χ4n) is 1.34. The van der Waals surface area contributed by atoms with Crippen LogP contribution in [0.3, 0.4) is 0 Å². The third kappa shape index (κ3) is 2.19. The summed E-state index contributed by atoms with van der Waals surface area (Å²) in [5.41, 5.74) is 0.692. The Balaban J connectivity index is 2.24. The minimum Gasteiger partial charge on any atom is -0.376 e. The zero-order valence-corrected chi connectivity index (χ0v) is 9.16. The van der Waals surface area contributed by atoms with Crippen LogP contribution in [0.25, 0.3) is 0 Å². The van der Waals surface area contributed by atoms with E-state index in [0.29, 0.717) is 18.8 Å². The summed E-state index contributed by atoms with van der Waals surface area (Å²) in [6, 6.07) is 6.76. The molecule has 5 heteroatoms. The average Bonchev–Trinajstić information content (AvgIpc) is 2.12. The number of ether oxygens (including phenoxy) is 1. The van der Waals surface area contributed by atoms with Crippen molar-refractivity contribution in [2.75, 3.05) is 13.2 Å². The number of aryl methyl sites for hydroxylation is 1. The molecule has 4 nitrogen and oxygen atoms in total. The maximum absolute atomic E-state index is 11.8. The highest BCUT2D eigenvalue weighted by Crippen LogP contribution is 2.20. The van der Waals surface area contributed by atoms with Gasteiger partial charge >= 0.3 is 0 Å². The molecule has 0 bridgehead atoms. The van der Waals surface area contributed by atoms with Gasteiger partial charge in [-0.2, -0.15) is 8.42 Å². The molecule has 1 aromatic carbocycles. The van der Waals surface area contributed by atoms with Crippen molar-refractivity contribution in [3.05, 3.63) is 29.8 Å². The lowest BCUT2D eigenvalue weighted by Gasteiger charge is -2.25. The molecular weight excluding hydrogens is 216 g/mol. The van der Waals surface area contributed by atoms with E-state index in [2.05, 4.69) is 0 Å². The molecule has 0 aliphatic carbocycles. The highest BCUT2D eigenvalue weighted by atomic mass is 32.2. The molecule has 0 unspecified atom stereocenters. The van der Waals surface area contributed by atoms with Crippen molar-refractivity contribution in [2.24, 2.45) is 0 Å². The second-order valence-electron chi connectivity index (χ2n) is 3.48. The van der Waals surface area contributed by atoms with Crippen molar-refractivity contribution in [3.63, 3.8) is 0 Å². The topological polar surface area (TPSA) is 52.6 Å². The molecule has 1 fully saturated rings. The SMILES string of the molecule is Cc1ccccc1S(=O)(=O)OC1COC1. The molecule has 1 saturated heterocycles. The molecule has 1 heterocycles. The molecule has 0 atom stereocenters.